The van der Waals surface area contributed by atoms with E-state index in [0.717, 1.165) is 5.69 Å². The Kier molecular flexibility index (Phi) is 4.03. The monoisotopic (exact) mass is 226 g/mol. The molecule has 15 heavy (non-hydrogen) atoms. The zero-order valence-electron chi connectivity index (χ0n) is 9.10. The van der Waals surface area contributed by atoms with Gasteiger partial charge in [0.2, 0.25) is 0 Å². The predicted octanol–water partition coefficient (Wildman–Crippen LogP) is 2.83. The molecule has 0 atom stereocenters. The number of halogens is 1. The minimum atomic E-state index is -0.205. The number of anilines is 1. The van der Waals surface area contributed by atoms with Crippen LogP contribution >= 0.6 is 12.2 Å². The molecule has 0 saturated heterocycles. The number of aryl methyl sites for hydroxylation is 1. The first-order valence-electron chi connectivity index (χ1n) is 4.82. The highest BCUT2D eigenvalue weighted by Gasteiger charge is 2.01. The van der Waals surface area contributed by atoms with Gasteiger partial charge in [-0.3, -0.25) is 0 Å². The number of hydrogen-bond acceptors (Lipinski definition) is 1. The van der Waals surface area contributed by atoms with Gasteiger partial charge in [-0.1, -0.05) is 0 Å². The van der Waals surface area contributed by atoms with Gasteiger partial charge in [-0.25, -0.2) is 4.39 Å². The van der Waals surface area contributed by atoms with Gasteiger partial charge in [0, 0.05) is 11.7 Å². The highest BCUT2D eigenvalue weighted by molar-refractivity contribution is 7.80. The maximum absolute atomic E-state index is 13.0. The maximum atomic E-state index is 13.0. The van der Waals surface area contributed by atoms with Crippen LogP contribution in [0.1, 0.15) is 19.4 Å². The van der Waals surface area contributed by atoms with Crippen LogP contribution in [0.15, 0.2) is 18.2 Å². The van der Waals surface area contributed by atoms with Crippen LogP contribution in [0.25, 0.3) is 0 Å². The van der Waals surface area contributed by atoms with Crippen molar-refractivity contribution in [3.63, 3.8) is 0 Å². The van der Waals surface area contributed by atoms with Crippen LogP contribution in [0.2, 0.25) is 0 Å². The molecule has 0 bridgehead atoms. The summed E-state index contributed by atoms with van der Waals surface area (Å²) in [6.07, 6.45) is 0. The molecule has 0 spiro atoms. The summed E-state index contributed by atoms with van der Waals surface area (Å²) in [5.41, 5.74) is 1.40. The largest absolute Gasteiger partial charge is 0.360 e. The molecule has 1 aromatic carbocycles. The van der Waals surface area contributed by atoms with E-state index in [1.165, 1.54) is 6.07 Å². The van der Waals surface area contributed by atoms with Gasteiger partial charge in [0.25, 0.3) is 0 Å². The standard InChI is InChI=1S/C11H15FN2S/c1-7(2)13-11(15)14-9-4-5-10(12)8(3)6-9/h4-7H,1-3H3,(H2,13,14,15). The fourth-order valence-electron chi connectivity index (χ4n) is 1.15. The van der Waals surface area contributed by atoms with E-state index in [1.54, 1.807) is 19.1 Å². The van der Waals surface area contributed by atoms with E-state index in [-0.39, 0.29) is 11.9 Å². The Balaban J connectivity index is 2.65. The molecule has 0 unspecified atom stereocenters. The number of hydrogen-bond donors (Lipinski definition) is 2. The second-order valence-electron chi connectivity index (χ2n) is 3.72. The van der Waals surface area contributed by atoms with Crippen molar-refractivity contribution in [2.75, 3.05) is 5.32 Å². The van der Waals surface area contributed by atoms with Crippen LogP contribution in [-0.2, 0) is 0 Å². The molecule has 82 valence electrons. The molecule has 0 aliphatic carbocycles. The van der Waals surface area contributed by atoms with Crippen molar-refractivity contribution in [2.45, 2.75) is 26.8 Å². The zero-order chi connectivity index (χ0) is 11.4. The lowest BCUT2D eigenvalue weighted by molar-refractivity contribution is 0.619. The van der Waals surface area contributed by atoms with E-state index in [0.29, 0.717) is 10.7 Å². The first-order chi connectivity index (χ1) is 6.99. The molecule has 1 rings (SSSR count). The zero-order valence-corrected chi connectivity index (χ0v) is 9.91. The second-order valence-corrected chi connectivity index (χ2v) is 4.13. The lowest BCUT2D eigenvalue weighted by atomic mass is 10.2. The first kappa shape index (κ1) is 11.9. The number of thiocarbonyl (C=S) groups is 1. The van der Waals surface area contributed by atoms with E-state index < -0.39 is 0 Å². The average Bonchev–Trinajstić information content (AvgIpc) is 2.10. The summed E-state index contributed by atoms with van der Waals surface area (Å²) < 4.78 is 13.0. The molecular formula is C11H15FN2S. The summed E-state index contributed by atoms with van der Waals surface area (Å²) in [5.74, 6) is -0.205. The Morgan fingerprint density at radius 1 is 1.40 bits per heavy atom. The molecule has 0 radical (unpaired) electrons. The Morgan fingerprint density at radius 3 is 2.60 bits per heavy atom. The lowest BCUT2D eigenvalue weighted by Gasteiger charge is -2.13. The molecule has 0 aromatic heterocycles. The topological polar surface area (TPSA) is 24.1 Å². The summed E-state index contributed by atoms with van der Waals surface area (Å²) >= 11 is 5.07. The average molecular weight is 226 g/mol. The van der Waals surface area contributed by atoms with Crippen molar-refractivity contribution in [1.82, 2.24) is 5.32 Å². The number of benzene rings is 1. The Hall–Kier alpha value is -1.16. The highest BCUT2D eigenvalue weighted by atomic mass is 32.1. The van der Waals surface area contributed by atoms with Crippen LogP contribution in [-0.4, -0.2) is 11.2 Å². The third kappa shape index (κ3) is 3.83. The van der Waals surface area contributed by atoms with Crippen LogP contribution < -0.4 is 10.6 Å². The van der Waals surface area contributed by atoms with Gasteiger partial charge >= 0.3 is 0 Å². The molecule has 0 amide bonds. The van der Waals surface area contributed by atoms with Gasteiger partial charge in [0.05, 0.1) is 0 Å². The molecular weight excluding hydrogens is 211 g/mol. The van der Waals surface area contributed by atoms with Gasteiger partial charge in [-0.15, -0.1) is 0 Å². The highest BCUT2D eigenvalue weighted by Crippen LogP contribution is 2.13. The fourth-order valence-corrected chi connectivity index (χ4v) is 1.51. The minimum absolute atomic E-state index is 0.205. The van der Waals surface area contributed by atoms with Crippen molar-refractivity contribution in [3.05, 3.63) is 29.6 Å². The van der Waals surface area contributed by atoms with E-state index >= 15 is 0 Å². The van der Waals surface area contributed by atoms with Gasteiger partial charge < -0.3 is 10.6 Å². The number of nitrogens with one attached hydrogen (secondary N) is 2. The smallest absolute Gasteiger partial charge is 0.170 e. The third-order valence-corrected chi connectivity index (χ3v) is 2.06. The van der Waals surface area contributed by atoms with Crippen molar-refractivity contribution < 1.29 is 4.39 Å². The predicted molar refractivity (Wildman–Crippen MR) is 65.6 cm³/mol. The van der Waals surface area contributed by atoms with Crippen LogP contribution in [0.4, 0.5) is 10.1 Å². The van der Waals surface area contributed by atoms with Crippen molar-refractivity contribution >= 4 is 23.0 Å². The molecule has 0 fully saturated rings. The molecule has 0 saturated carbocycles. The molecule has 2 nitrogen and oxygen atoms in total. The van der Waals surface area contributed by atoms with Crippen molar-refractivity contribution in [3.8, 4) is 0 Å². The summed E-state index contributed by atoms with van der Waals surface area (Å²) in [6, 6.07) is 5.10. The Morgan fingerprint density at radius 2 is 2.07 bits per heavy atom. The molecule has 0 aliphatic rings. The van der Waals surface area contributed by atoms with Gasteiger partial charge in [0.15, 0.2) is 5.11 Å². The van der Waals surface area contributed by atoms with E-state index in [9.17, 15) is 4.39 Å². The summed E-state index contributed by atoms with van der Waals surface area (Å²) in [7, 11) is 0. The molecule has 0 aliphatic heterocycles. The third-order valence-electron chi connectivity index (χ3n) is 1.84. The molecule has 2 N–H and O–H groups in total. The summed E-state index contributed by atoms with van der Waals surface area (Å²) in [5, 5.41) is 6.60. The minimum Gasteiger partial charge on any atom is -0.360 e. The lowest BCUT2D eigenvalue weighted by Crippen LogP contribution is -2.33. The van der Waals surface area contributed by atoms with E-state index in [2.05, 4.69) is 10.6 Å². The van der Waals surface area contributed by atoms with E-state index in [1.807, 2.05) is 13.8 Å². The van der Waals surface area contributed by atoms with Gasteiger partial charge in [-0.2, -0.15) is 0 Å². The second kappa shape index (κ2) is 5.07. The van der Waals surface area contributed by atoms with Crippen LogP contribution in [0.5, 0.6) is 0 Å². The maximum Gasteiger partial charge on any atom is 0.170 e. The Labute approximate surface area is 94.9 Å². The van der Waals surface area contributed by atoms with Crippen LogP contribution in [0.3, 0.4) is 0 Å². The molecule has 1 aromatic rings. The normalized spacial score (nSPS) is 10.2. The quantitative estimate of drug-likeness (QED) is 0.758. The van der Waals surface area contributed by atoms with Crippen molar-refractivity contribution in [1.29, 1.82) is 0 Å². The van der Waals surface area contributed by atoms with Crippen LogP contribution in [0, 0.1) is 12.7 Å². The van der Waals surface area contributed by atoms with E-state index in [4.69, 9.17) is 12.2 Å². The van der Waals surface area contributed by atoms with Gasteiger partial charge in [0.1, 0.15) is 5.82 Å². The van der Waals surface area contributed by atoms with Crippen molar-refractivity contribution in [2.24, 2.45) is 0 Å². The number of rotatable bonds is 2. The van der Waals surface area contributed by atoms with Gasteiger partial charge in [-0.05, 0) is 56.8 Å². The molecule has 0 heterocycles. The fraction of sp³-hybridized carbons (Fsp3) is 0.364. The first-order valence-corrected chi connectivity index (χ1v) is 5.23. The molecule has 4 heteroatoms. The summed E-state index contributed by atoms with van der Waals surface area (Å²) in [4.78, 5) is 0. The summed E-state index contributed by atoms with van der Waals surface area (Å²) in [6.45, 7) is 5.73. The SMILES string of the molecule is Cc1cc(NC(=S)NC(C)C)ccc1F. The Bertz CT molecular complexity index is 364.